The molecule has 1 aromatic heterocycles. The predicted octanol–water partition coefficient (Wildman–Crippen LogP) is 5.53. The largest absolute Gasteiger partial charge is 0.482 e. The fourth-order valence-corrected chi connectivity index (χ4v) is 5.18. The van der Waals surface area contributed by atoms with Crippen LogP contribution in [0.2, 0.25) is 0 Å². The summed E-state index contributed by atoms with van der Waals surface area (Å²) in [7, 11) is -5.02. The first-order valence-electron chi connectivity index (χ1n) is 9.62. The number of rotatable bonds is 5. The summed E-state index contributed by atoms with van der Waals surface area (Å²) in [4.78, 5) is 9.58. The van der Waals surface area contributed by atoms with E-state index in [2.05, 4.69) is 0 Å². The van der Waals surface area contributed by atoms with Crippen molar-refractivity contribution in [2.75, 3.05) is 6.61 Å². The van der Waals surface area contributed by atoms with Crippen molar-refractivity contribution in [1.29, 1.82) is 0 Å². The molecule has 1 heterocycles. The van der Waals surface area contributed by atoms with Gasteiger partial charge in [-0.05, 0) is 36.4 Å². The number of carbonyl (C=O) groups is 1. The second-order valence-electron chi connectivity index (χ2n) is 7.39. The SMILES string of the molecule is O=C(O)COc1ccc2c3ccccc3n(S(=O)(=O)c3cc(C(F)(F)F)cc(C(F)(F)F)c3)c2c1. The second kappa shape index (κ2) is 8.18. The van der Waals surface area contributed by atoms with Gasteiger partial charge in [0.2, 0.25) is 0 Å². The highest BCUT2D eigenvalue weighted by Crippen LogP contribution is 2.39. The fraction of sp³-hybridized carbons (Fsp3) is 0.136. The van der Waals surface area contributed by atoms with Gasteiger partial charge in [-0.3, -0.25) is 0 Å². The van der Waals surface area contributed by atoms with E-state index in [1.54, 1.807) is 6.07 Å². The van der Waals surface area contributed by atoms with Crippen LogP contribution in [-0.4, -0.2) is 30.1 Å². The number of aliphatic carboxylic acids is 1. The second-order valence-corrected chi connectivity index (χ2v) is 9.18. The Hall–Kier alpha value is -3.74. The number of fused-ring (bicyclic) bond motifs is 3. The Bertz CT molecular complexity index is 1540. The van der Waals surface area contributed by atoms with Gasteiger partial charge in [0.05, 0.1) is 27.1 Å². The number of para-hydroxylation sites is 1. The molecule has 0 bridgehead atoms. The number of aromatic nitrogens is 1. The third-order valence-electron chi connectivity index (χ3n) is 5.06. The van der Waals surface area contributed by atoms with Crippen LogP contribution >= 0.6 is 0 Å². The van der Waals surface area contributed by atoms with E-state index in [9.17, 15) is 39.6 Å². The quantitative estimate of drug-likeness (QED) is 0.352. The summed E-state index contributed by atoms with van der Waals surface area (Å²) in [5, 5.41) is 9.46. The predicted molar refractivity (Wildman–Crippen MR) is 112 cm³/mol. The maximum atomic E-state index is 13.6. The molecule has 0 atom stereocenters. The highest BCUT2D eigenvalue weighted by atomic mass is 32.2. The molecule has 184 valence electrons. The van der Waals surface area contributed by atoms with Crippen molar-refractivity contribution in [2.24, 2.45) is 0 Å². The zero-order chi connectivity index (χ0) is 25.8. The zero-order valence-corrected chi connectivity index (χ0v) is 18.0. The lowest BCUT2D eigenvalue weighted by molar-refractivity contribution is -0.143. The fourth-order valence-electron chi connectivity index (χ4n) is 3.59. The molecule has 4 aromatic rings. The van der Waals surface area contributed by atoms with Gasteiger partial charge in [-0.15, -0.1) is 0 Å². The Morgan fingerprint density at radius 3 is 1.97 bits per heavy atom. The van der Waals surface area contributed by atoms with Crippen LogP contribution in [-0.2, 0) is 27.2 Å². The van der Waals surface area contributed by atoms with Crippen molar-refractivity contribution >= 4 is 37.8 Å². The molecule has 0 saturated carbocycles. The highest BCUT2D eigenvalue weighted by Gasteiger charge is 2.39. The van der Waals surface area contributed by atoms with Crippen molar-refractivity contribution in [3.05, 3.63) is 71.8 Å². The summed E-state index contributed by atoms with van der Waals surface area (Å²) >= 11 is 0. The molecule has 0 amide bonds. The molecule has 0 spiro atoms. The lowest BCUT2D eigenvalue weighted by Gasteiger charge is -2.16. The van der Waals surface area contributed by atoms with Crippen LogP contribution in [0.5, 0.6) is 5.75 Å². The van der Waals surface area contributed by atoms with Gasteiger partial charge in [0.25, 0.3) is 10.0 Å². The van der Waals surface area contributed by atoms with Crippen LogP contribution in [0.1, 0.15) is 11.1 Å². The summed E-state index contributed by atoms with van der Waals surface area (Å²) < 4.78 is 113. The first-order valence-corrected chi connectivity index (χ1v) is 11.1. The first-order chi connectivity index (χ1) is 16.2. The summed E-state index contributed by atoms with van der Waals surface area (Å²) in [5.74, 6) is -1.39. The van der Waals surface area contributed by atoms with Gasteiger partial charge in [0.15, 0.2) is 6.61 Å². The Labute approximate surface area is 193 Å². The molecule has 0 aliphatic heterocycles. The van der Waals surface area contributed by atoms with E-state index < -0.39 is 51.0 Å². The summed E-state index contributed by atoms with van der Waals surface area (Å²) in [6.07, 6.45) is -10.5. The number of benzene rings is 3. The number of carboxylic acid groups (broad SMARTS) is 1. The normalized spacial score (nSPS) is 12.9. The molecule has 1 N–H and O–H groups in total. The molecular weight excluding hydrogens is 504 g/mol. The monoisotopic (exact) mass is 517 g/mol. The van der Waals surface area contributed by atoms with E-state index in [-0.39, 0.29) is 35.0 Å². The number of alkyl halides is 6. The number of carboxylic acids is 1. The molecule has 0 fully saturated rings. The first kappa shape index (κ1) is 24.4. The van der Waals surface area contributed by atoms with Gasteiger partial charge in [0.1, 0.15) is 5.75 Å². The van der Waals surface area contributed by atoms with E-state index >= 15 is 0 Å². The van der Waals surface area contributed by atoms with Gasteiger partial charge >= 0.3 is 18.3 Å². The summed E-state index contributed by atoms with van der Waals surface area (Å²) in [6, 6.07) is 9.90. The van der Waals surface area contributed by atoms with Crippen molar-refractivity contribution in [3.8, 4) is 5.75 Å². The van der Waals surface area contributed by atoms with Gasteiger partial charge in [-0.1, -0.05) is 18.2 Å². The molecular formula is C22H13F6NO5S. The van der Waals surface area contributed by atoms with Crippen LogP contribution in [0, 0.1) is 0 Å². The van der Waals surface area contributed by atoms with Crippen LogP contribution in [0.3, 0.4) is 0 Å². The van der Waals surface area contributed by atoms with Crippen LogP contribution in [0.15, 0.2) is 65.6 Å². The maximum absolute atomic E-state index is 13.6. The van der Waals surface area contributed by atoms with Crippen LogP contribution in [0.4, 0.5) is 26.3 Å². The van der Waals surface area contributed by atoms with E-state index in [1.165, 1.54) is 30.3 Å². The van der Waals surface area contributed by atoms with E-state index in [1.807, 2.05) is 0 Å². The average molecular weight is 517 g/mol. The van der Waals surface area contributed by atoms with Crippen molar-refractivity contribution in [3.63, 3.8) is 0 Å². The number of halogens is 6. The van der Waals surface area contributed by atoms with Crippen LogP contribution in [0.25, 0.3) is 21.8 Å². The lowest BCUT2D eigenvalue weighted by Crippen LogP contribution is -2.17. The summed E-state index contributed by atoms with van der Waals surface area (Å²) in [5.41, 5.74) is -3.70. The molecule has 3 aromatic carbocycles. The molecule has 6 nitrogen and oxygen atoms in total. The Balaban J connectivity index is 2.04. The molecule has 0 aliphatic rings. The summed E-state index contributed by atoms with van der Waals surface area (Å²) in [6.45, 7) is -0.763. The van der Waals surface area contributed by atoms with Crippen molar-refractivity contribution < 1.29 is 49.4 Å². The molecule has 0 aliphatic carbocycles. The van der Waals surface area contributed by atoms with E-state index in [0.29, 0.717) is 14.7 Å². The topological polar surface area (TPSA) is 85.6 Å². The van der Waals surface area contributed by atoms with Gasteiger partial charge in [-0.25, -0.2) is 17.2 Å². The maximum Gasteiger partial charge on any atom is 0.416 e. The number of nitrogens with zero attached hydrogens (tertiary/aromatic N) is 1. The minimum atomic E-state index is -5.25. The van der Waals surface area contributed by atoms with Gasteiger partial charge < -0.3 is 9.84 Å². The molecule has 0 radical (unpaired) electrons. The lowest BCUT2D eigenvalue weighted by atomic mass is 10.1. The minimum Gasteiger partial charge on any atom is -0.482 e. The molecule has 0 unspecified atom stereocenters. The Morgan fingerprint density at radius 1 is 0.829 bits per heavy atom. The minimum absolute atomic E-state index is 0.0103. The standard InChI is InChI=1S/C22H13F6NO5S/c23-21(24,25)12-7-13(22(26,27)28)9-15(8-12)35(32,33)29-18-4-2-1-3-16(18)17-6-5-14(10-19(17)29)34-11-20(30)31/h1-10H,11H2,(H,30,31). The number of ether oxygens (including phenoxy) is 1. The van der Waals surface area contributed by atoms with Crippen molar-refractivity contribution in [2.45, 2.75) is 17.2 Å². The average Bonchev–Trinajstić information content (AvgIpc) is 3.10. The van der Waals surface area contributed by atoms with E-state index in [4.69, 9.17) is 9.84 Å². The zero-order valence-electron chi connectivity index (χ0n) is 17.2. The van der Waals surface area contributed by atoms with Crippen molar-refractivity contribution in [1.82, 2.24) is 3.97 Å². The highest BCUT2D eigenvalue weighted by molar-refractivity contribution is 7.90. The third-order valence-corrected chi connectivity index (χ3v) is 6.77. The third kappa shape index (κ3) is 4.50. The Kier molecular flexibility index (Phi) is 5.70. The van der Waals surface area contributed by atoms with E-state index in [0.717, 1.165) is 6.07 Å². The molecule has 35 heavy (non-hydrogen) atoms. The van der Waals surface area contributed by atoms with Gasteiger partial charge in [-0.2, -0.15) is 26.3 Å². The molecule has 13 heteroatoms. The molecule has 0 saturated heterocycles. The van der Waals surface area contributed by atoms with Gasteiger partial charge in [0, 0.05) is 16.8 Å². The Morgan fingerprint density at radius 2 is 1.40 bits per heavy atom. The van der Waals surface area contributed by atoms with Crippen LogP contribution < -0.4 is 4.74 Å². The number of hydrogen-bond donors (Lipinski definition) is 1. The number of hydrogen-bond acceptors (Lipinski definition) is 4. The smallest absolute Gasteiger partial charge is 0.416 e. The molecule has 4 rings (SSSR count).